The molecule has 6 heteroatoms. The monoisotopic (exact) mass is 292 g/mol. The van der Waals surface area contributed by atoms with E-state index in [1.807, 2.05) is 6.92 Å². The number of ketones is 1. The number of carbonyl (C=O) groups is 2. The van der Waals surface area contributed by atoms with Crippen LogP contribution in [-0.4, -0.2) is 49.6 Å². The maximum Gasteiger partial charge on any atom is 0.323 e. The number of anilines is 1. The quantitative estimate of drug-likeness (QED) is 0.580. The Morgan fingerprint density at radius 1 is 1.43 bits per heavy atom. The van der Waals surface area contributed by atoms with Gasteiger partial charge in [0.15, 0.2) is 5.78 Å². The number of nitrogens with zero attached hydrogens (tertiary/aromatic N) is 1. The molecule has 0 spiro atoms. The first-order chi connectivity index (χ1) is 10.1. The van der Waals surface area contributed by atoms with Gasteiger partial charge in [0, 0.05) is 5.56 Å². The van der Waals surface area contributed by atoms with Gasteiger partial charge in [-0.15, -0.1) is 0 Å². The van der Waals surface area contributed by atoms with Gasteiger partial charge in [-0.1, -0.05) is 6.92 Å². The van der Waals surface area contributed by atoms with Crippen molar-refractivity contribution in [1.29, 1.82) is 0 Å². The van der Waals surface area contributed by atoms with Gasteiger partial charge in [0.05, 0.1) is 18.8 Å². The normalized spacial score (nSPS) is 13.5. The average Bonchev–Trinajstić information content (AvgIpc) is 2.47. The van der Waals surface area contributed by atoms with Gasteiger partial charge in [-0.05, 0) is 31.2 Å². The third-order valence-electron chi connectivity index (χ3n) is 3.28. The first kappa shape index (κ1) is 15.3. The van der Waals surface area contributed by atoms with E-state index in [9.17, 15) is 9.59 Å². The van der Waals surface area contributed by atoms with E-state index in [1.54, 1.807) is 23.1 Å². The lowest BCUT2D eigenvalue weighted by Gasteiger charge is -2.30. The summed E-state index contributed by atoms with van der Waals surface area (Å²) >= 11 is 0. The van der Waals surface area contributed by atoms with Crippen LogP contribution in [0.2, 0.25) is 0 Å². The molecule has 6 nitrogen and oxygen atoms in total. The van der Waals surface area contributed by atoms with E-state index in [4.69, 9.17) is 9.84 Å². The number of fused-ring (bicyclic) bond motifs is 1. The van der Waals surface area contributed by atoms with Crippen molar-refractivity contribution in [3.63, 3.8) is 0 Å². The number of carbonyl (C=O) groups excluding carboxylic acids is 1. The van der Waals surface area contributed by atoms with Gasteiger partial charge in [-0.3, -0.25) is 9.59 Å². The van der Waals surface area contributed by atoms with Crippen molar-refractivity contribution in [1.82, 2.24) is 5.32 Å². The Balaban J connectivity index is 2.15. The van der Waals surface area contributed by atoms with Gasteiger partial charge in [0.25, 0.3) is 0 Å². The number of hydrogen-bond acceptors (Lipinski definition) is 5. The maximum atomic E-state index is 12.1. The van der Waals surface area contributed by atoms with Crippen LogP contribution in [-0.2, 0) is 4.79 Å². The molecule has 0 fully saturated rings. The lowest BCUT2D eigenvalue weighted by atomic mass is 10.1. The number of carboxylic acids is 1. The predicted octanol–water partition coefficient (Wildman–Crippen LogP) is 1.15. The van der Waals surface area contributed by atoms with Gasteiger partial charge in [-0.2, -0.15) is 0 Å². The lowest BCUT2D eigenvalue weighted by molar-refractivity contribution is -0.135. The van der Waals surface area contributed by atoms with Crippen LogP contribution in [0.1, 0.15) is 23.7 Å². The molecule has 1 aromatic carbocycles. The van der Waals surface area contributed by atoms with Crippen molar-refractivity contribution in [2.24, 2.45) is 0 Å². The highest BCUT2D eigenvalue weighted by molar-refractivity contribution is 5.99. The Morgan fingerprint density at radius 3 is 2.95 bits per heavy atom. The highest BCUT2D eigenvalue weighted by atomic mass is 16.5. The summed E-state index contributed by atoms with van der Waals surface area (Å²) in [5, 5.41) is 12.0. The van der Waals surface area contributed by atoms with Crippen molar-refractivity contribution in [3.8, 4) is 5.75 Å². The zero-order valence-corrected chi connectivity index (χ0v) is 12.1. The Morgan fingerprint density at radius 2 is 2.24 bits per heavy atom. The molecule has 2 N–H and O–H groups in total. The summed E-state index contributed by atoms with van der Waals surface area (Å²) in [6.45, 7) is 3.98. The van der Waals surface area contributed by atoms with Crippen LogP contribution in [0.25, 0.3) is 0 Å². The Kier molecular flexibility index (Phi) is 5.16. The smallest absolute Gasteiger partial charge is 0.323 e. The van der Waals surface area contributed by atoms with Crippen LogP contribution in [0, 0.1) is 0 Å². The summed E-state index contributed by atoms with van der Waals surface area (Å²) in [4.78, 5) is 24.7. The molecule has 21 heavy (non-hydrogen) atoms. The van der Waals surface area contributed by atoms with E-state index < -0.39 is 5.97 Å². The first-order valence-corrected chi connectivity index (χ1v) is 7.09. The minimum atomic E-state index is -0.899. The van der Waals surface area contributed by atoms with E-state index >= 15 is 0 Å². The molecular formula is C15H20N2O4. The molecule has 0 unspecified atom stereocenters. The van der Waals surface area contributed by atoms with Crippen molar-refractivity contribution in [2.75, 3.05) is 37.7 Å². The van der Waals surface area contributed by atoms with E-state index in [1.165, 1.54) is 0 Å². The molecule has 0 saturated carbocycles. The van der Waals surface area contributed by atoms with E-state index in [-0.39, 0.29) is 18.9 Å². The molecule has 0 radical (unpaired) electrons. The summed E-state index contributed by atoms with van der Waals surface area (Å²) in [6, 6.07) is 5.17. The largest absolute Gasteiger partial charge is 0.490 e. The number of ether oxygens (including phenoxy) is 1. The molecule has 1 aliphatic heterocycles. The standard InChI is InChI=1S/C15H20N2O4/c1-2-5-16-9-13(18)11-3-4-14-12(8-11)17(6-7-21-14)10-15(19)20/h3-4,8,16H,2,5-7,9-10H2,1H3,(H,19,20). The molecular weight excluding hydrogens is 272 g/mol. The molecule has 1 aliphatic rings. The molecule has 0 amide bonds. The summed E-state index contributed by atoms with van der Waals surface area (Å²) < 4.78 is 5.51. The van der Waals surface area contributed by atoms with E-state index in [0.717, 1.165) is 13.0 Å². The highest BCUT2D eigenvalue weighted by Crippen LogP contribution is 2.32. The molecule has 1 aromatic rings. The Hall–Kier alpha value is -2.08. The van der Waals surface area contributed by atoms with Crippen molar-refractivity contribution < 1.29 is 19.4 Å². The number of hydrogen-bond donors (Lipinski definition) is 2. The maximum absolute atomic E-state index is 12.1. The second-order valence-corrected chi connectivity index (χ2v) is 4.95. The second-order valence-electron chi connectivity index (χ2n) is 4.95. The zero-order valence-electron chi connectivity index (χ0n) is 12.1. The summed E-state index contributed by atoms with van der Waals surface area (Å²) in [6.07, 6.45) is 0.970. The van der Waals surface area contributed by atoms with Crippen molar-refractivity contribution in [3.05, 3.63) is 23.8 Å². The van der Waals surface area contributed by atoms with E-state index in [0.29, 0.717) is 30.2 Å². The Labute approximate surface area is 123 Å². The zero-order chi connectivity index (χ0) is 15.2. The van der Waals surface area contributed by atoms with Gasteiger partial charge in [0.2, 0.25) is 0 Å². The molecule has 0 aromatic heterocycles. The SMILES string of the molecule is CCCNCC(=O)c1ccc2c(c1)N(CC(=O)O)CCO2. The number of aliphatic carboxylic acids is 1. The summed E-state index contributed by atoms with van der Waals surface area (Å²) in [5.74, 6) is -0.281. The minimum absolute atomic E-state index is 0.00732. The molecule has 0 saturated heterocycles. The fourth-order valence-corrected chi connectivity index (χ4v) is 2.25. The fraction of sp³-hybridized carbons (Fsp3) is 0.467. The summed E-state index contributed by atoms with van der Waals surface area (Å²) in [7, 11) is 0. The molecule has 0 aliphatic carbocycles. The first-order valence-electron chi connectivity index (χ1n) is 7.09. The van der Waals surface area contributed by atoms with Crippen LogP contribution < -0.4 is 15.0 Å². The fourth-order valence-electron chi connectivity index (χ4n) is 2.25. The molecule has 114 valence electrons. The number of rotatable bonds is 7. The minimum Gasteiger partial charge on any atom is -0.490 e. The predicted molar refractivity (Wildman–Crippen MR) is 79.3 cm³/mol. The van der Waals surface area contributed by atoms with Gasteiger partial charge in [-0.25, -0.2) is 0 Å². The van der Waals surface area contributed by atoms with Crippen LogP contribution in [0.3, 0.4) is 0 Å². The average molecular weight is 292 g/mol. The number of Topliss-reactive ketones (excluding diaryl/α,β-unsaturated/α-hetero) is 1. The van der Waals surface area contributed by atoms with Crippen molar-refractivity contribution >= 4 is 17.4 Å². The van der Waals surface area contributed by atoms with Gasteiger partial charge in [0.1, 0.15) is 18.9 Å². The number of carboxylic acid groups (broad SMARTS) is 1. The molecule has 1 heterocycles. The van der Waals surface area contributed by atoms with Gasteiger partial charge < -0.3 is 20.1 Å². The molecule has 0 bridgehead atoms. The Bertz CT molecular complexity index is 530. The molecule has 0 atom stereocenters. The third-order valence-corrected chi connectivity index (χ3v) is 3.28. The van der Waals surface area contributed by atoms with Gasteiger partial charge >= 0.3 is 5.97 Å². The summed E-state index contributed by atoms with van der Waals surface area (Å²) in [5.41, 5.74) is 1.24. The van der Waals surface area contributed by atoms with Crippen LogP contribution in [0.4, 0.5) is 5.69 Å². The van der Waals surface area contributed by atoms with E-state index in [2.05, 4.69) is 5.32 Å². The van der Waals surface area contributed by atoms with Crippen LogP contribution >= 0.6 is 0 Å². The third kappa shape index (κ3) is 3.95. The molecule has 2 rings (SSSR count). The van der Waals surface area contributed by atoms with Crippen molar-refractivity contribution in [2.45, 2.75) is 13.3 Å². The lowest BCUT2D eigenvalue weighted by Crippen LogP contribution is -2.37. The number of nitrogens with one attached hydrogen (secondary N) is 1. The topological polar surface area (TPSA) is 78.9 Å². The number of benzene rings is 1. The van der Waals surface area contributed by atoms with Crippen LogP contribution in [0.15, 0.2) is 18.2 Å². The highest BCUT2D eigenvalue weighted by Gasteiger charge is 2.21. The second kappa shape index (κ2) is 7.08. The van der Waals surface area contributed by atoms with Crippen LogP contribution in [0.5, 0.6) is 5.75 Å².